The van der Waals surface area contributed by atoms with Gasteiger partial charge in [-0.15, -0.1) is 0 Å². The summed E-state index contributed by atoms with van der Waals surface area (Å²) in [4.78, 5) is 11.3. The maximum atomic E-state index is 11.3. The zero-order valence-corrected chi connectivity index (χ0v) is 13.0. The first kappa shape index (κ1) is 17.5. The highest BCUT2D eigenvalue weighted by Crippen LogP contribution is 2.07. The number of ether oxygens (including phenoxy) is 1. The van der Waals surface area contributed by atoms with Crippen molar-refractivity contribution in [2.24, 2.45) is 0 Å². The number of carbonyl (C=O) groups excluding carboxylic acids is 1. The fourth-order valence-corrected chi connectivity index (χ4v) is 2.14. The first-order valence-corrected chi connectivity index (χ1v) is 8.06. The van der Waals surface area contributed by atoms with Crippen molar-refractivity contribution in [2.75, 3.05) is 13.2 Å². The van der Waals surface area contributed by atoms with E-state index in [4.69, 9.17) is 4.74 Å². The van der Waals surface area contributed by atoms with E-state index in [1.54, 1.807) is 0 Å². The minimum atomic E-state index is -0.289. The van der Waals surface area contributed by atoms with Crippen molar-refractivity contribution < 1.29 is 9.53 Å². The van der Waals surface area contributed by atoms with Crippen LogP contribution in [0.1, 0.15) is 50.5 Å². The highest BCUT2D eigenvalue weighted by molar-refractivity contribution is 5.66. The summed E-state index contributed by atoms with van der Waals surface area (Å²) in [5.74, 6) is 0. The zero-order valence-electron chi connectivity index (χ0n) is 13.0. The molecule has 0 saturated carbocycles. The number of amides is 1. The standard InChI is InChI=1S/C18H28NO2/c1-2-3-10-15-19-18(20)21-16-11-5-4-7-12-17-13-8-6-9-14-17/h6,8-9,13-14H,1-5,7,10-12,15-16H2,(H,19,20). The third kappa shape index (κ3) is 9.94. The summed E-state index contributed by atoms with van der Waals surface area (Å²) < 4.78 is 5.12. The van der Waals surface area contributed by atoms with E-state index in [1.165, 1.54) is 18.4 Å². The van der Waals surface area contributed by atoms with Crippen LogP contribution >= 0.6 is 0 Å². The lowest BCUT2D eigenvalue weighted by molar-refractivity contribution is 0.143. The van der Waals surface area contributed by atoms with Gasteiger partial charge in [-0.2, -0.15) is 0 Å². The molecule has 3 heteroatoms. The first-order chi connectivity index (χ1) is 10.3. The summed E-state index contributed by atoms with van der Waals surface area (Å²) in [6.07, 6.45) is 8.21. The van der Waals surface area contributed by atoms with Crippen molar-refractivity contribution in [1.29, 1.82) is 0 Å². The van der Waals surface area contributed by atoms with Crippen molar-refractivity contribution in [1.82, 2.24) is 5.32 Å². The quantitative estimate of drug-likeness (QED) is 0.608. The van der Waals surface area contributed by atoms with Crippen LogP contribution in [0.25, 0.3) is 0 Å². The largest absolute Gasteiger partial charge is 0.450 e. The summed E-state index contributed by atoms with van der Waals surface area (Å²) in [5.41, 5.74) is 1.40. The minimum Gasteiger partial charge on any atom is -0.450 e. The van der Waals surface area contributed by atoms with Gasteiger partial charge in [-0.05, 0) is 31.2 Å². The van der Waals surface area contributed by atoms with E-state index >= 15 is 0 Å². The van der Waals surface area contributed by atoms with Gasteiger partial charge in [0.25, 0.3) is 0 Å². The molecule has 0 heterocycles. The number of rotatable bonds is 11. The van der Waals surface area contributed by atoms with Gasteiger partial charge in [-0.1, -0.05) is 62.9 Å². The van der Waals surface area contributed by atoms with Gasteiger partial charge in [0.05, 0.1) is 6.61 Å². The SMILES string of the molecule is [CH2]CCCCNC(=O)OCCCCCCc1ccccc1. The molecule has 0 spiro atoms. The van der Waals surface area contributed by atoms with Crippen LogP contribution in [0.3, 0.4) is 0 Å². The summed E-state index contributed by atoms with van der Waals surface area (Å²) >= 11 is 0. The number of hydrogen-bond donors (Lipinski definition) is 1. The van der Waals surface area contributed by atoms with Crippen molar-refractivity contribution in [3.05, 3.63) is 42.8 Å². The minimum absolute atomic E-state index is 0.289. The molecule has 1 radical (unpaired) electrons. The van der Waals surface area contributed by atoms with Gasteiger partial charge in [0.15, 0.2) is 0 Å². The summed E-state index contributed by atoms with van der Waals surface area (Å²) in [7, 11) is 0. The highest BCUT2D eigenvalue weighted by atomic mass is 16.5. The number of unbranched alkanes of at least 4 members (excludes halogenated alkanes) is 5. The molecule has 3 nitrogen and oxygen atoms in total. The van der Waals surface area contributed by atoms with Crippen molar-refractivity contribution in [3.8, 4) is 0 Å². The second-order valence-electron chi connectivity index (χ2n) is 5.27. The second-order valence-corrected chi connectivity index (χ2v) is 5.27. The molecular weight excluding hydrogens is 262 g/mol. The smallest absolute Gasteiger partial charge is 0.407 e. The lowest BCUT2D eigenvalue weighted by Gasteiger charge is -2.06. The van der Waals surface area contributed by atoms with Crippen molar-refractivity contribution in [2.45, 2.75) is 51.4 Å². The maximum Gasteiger partial charge on any atom is 0.407 e. The number of benzene rings is 1. The highest BCUT2D eigenvalue weighted by Gasteiger charge is 2.00. The van der Waals surface area contributed by atoms with E-state index in [0.29, 0.717) is 13.2 Å². The van der Waals surface area contributed by atoms with Crippen molar-refractivity contribution in [3.63, 3.8) is 0 Å². The van der Waals surface area contributed by atoms with E-state index in [9.17, 15) is 4.79 Å². The molecule has 0 unspecified atom stereocenters. The van der Waals surface area contributed by atoms with Gasteiger partial charge in [0.2, 0.25) is 0 Å². The van der Waals surface area contributed by atoms with E-state index in [0.717, 1.165) is 38.5 Å². The number of nitrogens with one attached hydrogen (secondary N) is 1. The predicted octanol–water partition coefficient (Wildman–Crippen LogP) is 4.52. The predicted molar refractivity (Wildman–Crippen MR) is 87.2 cm³/mol. The molecular formula is C18H28NO2. The number of carbonyl (C=O) groups is 1. The zero-order chi connectivity index (χ0) is 15.2. The number of hydrogen-bond acceptors (Lipinski definition) is 2. The molecule has 0 bridgehead atoms. The molecule has 1 amide bonds. The molecule has 1 N–H and O–H groups in total. The Labute approximate surface area is 129 Å². The van der Waals surface area contributed by atoms with Crippen LogP contribution in [0.15, 0.2) is 30.3 Å². The first-order valence-electron chi connectivity index (χ1n) is 8.06. The summed E-state index contributed by atoms with van der Waals surface area (Å²) in [6, 6.07) is 10.5. The average Bonchev–Trinajstić information content (AvgIpc) is 2.51. The maximum absolute atomic E-state index is 11.3. The second kappa shape index (κ2) is 12.2. The number of alkyl carbamates (subject to hydrolysis) is 1. The van der Waals surface area contributed by atoms with E-state index < -0.39 is 0 Å². The average molecular weight is 290 g/mol. The molecule has 117 valence electrons. The Bertz CT molecular complexity index is 365. The normalized spacial score (nSPS) is 10.3. The molecule has 21 heavy (non-hydrogen) atoms. The lowest BCUT2D eigenvalue weighted by atomic mass is 10.1. The molecule has 0 saturated heterocycles. The Morgan fingerprint density at radius 3 is 2.52 bits per heavy atom. The van der Waals surface area contributed by atoms with Crippen LogP contribution in [-0.4, -0.2) is 19.2 Å². The fraction of sp³-hybridized carbons (Fsp3) is 0.556. The van der Waals surface area contributed by atoms with Gasteiger partial charge in [-0.3, -0.25) is 0 Å². The molecule has 0 aliphatic carbocycles. The third-order valence-electron chi connectivity index (χ3n) is 3.38. The van der Waals surface area contributed by atoms with Gasteiger partial charge in [0, 0.05) is 6.54 Å². The van der Waals surface area contributed by atoms with Crippen LogP contribution in [-0.2, 0) is 11.2 Å². The van der Waals surface area contributed by atoms with E-state index in [2.05, 4.69) is 36.5 Å². The molecule has 1 aromatic rings. The Morgan fingerprint density at radius 2 is 1.76 bits per heavy atom. The Morgan fingerprint density at radius 1 is 1.00 bits per heavy atom. The van der Waals surface area contributed by atoms with E-state index in [1.807, 2.05) is 6.07 Å². The monoisotopic (exact) mass is 290 g/mol. The topological polar surface area (TPSA) is 38.3 Å². The molecule has 0 atom stereocenters. The molecule has 0 aliphatic heterocycles. The lowest BCUT2D eigenvalue weighted by Crippen LogP contribution is -2.25. The van der Waals surface area contributed by atoms with Gasteiger partial charge >= 0.3 is 6.09 Å². The van der Waals surface area contributed by atoms with Gasteiger partial charge < -0.3 is 10.1 Å². The van der Waals surface area contributed by atoms with E-state index in [-0.39, 0.29) is 6.09 Å². The molecule has 1 rings (SSSR count). The molecule has 1 aromatic carbocycles. The van der Waals surface area contributed by atoms with Gasteiger partial charge in [-0.25, -0.2) is 4.79 Å². The van der Waals surface area contributed by atoms with Crippen molar-refractivity contribution >= 4 is 6.09 Å². The van der Waals surface area contributed by atoms with Crippen LogP contribution < -0.4 is 5.32 Å². The number of aryl methyl sites for hydroxylation is 1. The Hall–Kier alpha value is -1.51. The van der Waals surface area contributed by atoms with Gasteiger partial charge in [0.1, 0.15) is 0 Å². The third-order valence-corrected chi connectivity index (χ3v) is 3.38. The molecule has 0 fully saturated rings. The Balaban J connectivity index is 1.87. The summed E-state index contributed by atoms with van der Waals surface area (Å²) in [5, 5.41) is 2.75. The van der Waals surface area contributed by atoms with Crippen LogP contribution in [0.5, 0.6) is 0 Å². The van der Waals surface area contributed by atoms with Crippen LogP contribution in [0.2, 0.25) is 0 Å². The molecule has 0 aromatic heterocycles. The summed E-state index contributed by atoms with van der Waals surface area (Å²) in [6.45, 7) is 4.97. The van der Waals surface area contributed by atoms with Crippen LogP contribution in [0, 0.1) is 6.92 Å². The Kier molecular flexibility index (Phi) is 10.2. The fourth-order valence-electron chi connectivity index (χ4n) is 2.14. The molecule has 0 aliphatic rings. The van der Waals surface area contributed by atoms with Crippen LogP contribution in [0.4, 0.5) is 4.79 Å².